The molecule has 1 heterocycles. The summed E-state index contributed by atoms with van der Waals surface area (Å²) >= 11 is 0. The van der Waals surface area contributed by atoms with Crippen LogP contribution in [0.25, 0.3) is 16.7 Å². The fourth-order valence-electron chi connectivity index (χ4n) is 2.86. The molecule has 0 radical (unpaired) electrons. The van der Waals surface area contributed by atoms with Crippen molar-refractivity contribution < 1.29 is 19.0 Å². The number of carbonyl (C=O) groups is 1. The highest BCUT2D eigenvalue weighted by atomic mass is 16.5. The van der Waals surface area contributed by atoms with Gasteiger partial charge in [0.05, 0.1) is 27.0 Å². The molecule has 0 unspecified atom stereocenters. The van der Waals surface area contributed by atoms with Gasteiger partial charge in [0.1, 0.15) is 0 Å². The largest absolute Gasteiger partial charge is 0.493 e. The fourth-order valence-corrected chi connectivity index (χ4v) is 2.86. The van der Waals surface area contributed by atoms with Crippen LogP contribution in [0.15, 0.2) is 18.2 Å². The Bertz CT molecular complexity index is 834. The second-order valence-corrected chi connectivity index (χ2v) is 5.78. The third-order valence-corrected chi connectivity index (χ3v) is 4.25. The van der Waals surface area contributed by atoms with E-state index in [2.05, 4.69) is 5.10 Å². The summed E-state index contributed by atoms with van der Waals surface area (Å²) < 4.78 is 17.7. The SMILES string of the molecule is COC(=O)/C=C(\C)c1cc(OC)c(OC)c(-c2c(C)nn(C)c2C)c1. The molecule has 0 N–H and O–H groups in total. The van der Waals surface area contributed by atoms with Crippen LogP contribution in [0.1, 0.15) is 23.9 Å². The second-order valence-electron chi connectivity index (χ2n) is 5.78. The Morgan fingerprint density at radius 1 is 1.16 bits per heavy atom. The minimum absolute atomic E-state index is 0.400. The van der Waals surface area contributed by atoms with Crippen LogP contribution in [0.3, 0.4) is 0 Å². The summed E-state index contributed by atoms with van der Waals surface area (Å²) in [6, 6.07) is 3.82. The van der Waals surface area contributed by atoms with E-state index in [1.807, 2.05) is 44.6 Å². The zero-order valence-corrected chi connectivity index (χ0v) is 15.8. The normalized spacial score (nSPS) is 11.4. The number of carbonyl (C=O) groups excluding carboxylic acids is 1. The smallest absolute Gasteiger partial charge is 0.330 e. The van der Waals surface area contributed by atoms with Crippen molar-refractivity contribution in [2.45, 2.75) is 20.8 Å². The van der Waals surface area contributed by atoms with Crippen molar-refractivity contribution in [1.29, 1.82) is 0 Å². The molecule has 0 atom stereocenters. The number of nitrogens with zero attached hydrogens (tertiary/aromatic N) is 2. The molecule has 0 fully saturated rings. The minimum Gasteiger partial charge on any atom is -0.493 e. The summed E-state index contributed by atoms with van der Waals surface area (Å²) in [4.78, 5) is 11.6. The van der Waals surface area contributed by atoms with Gasteiger partial charge in [0, 0.05) is 29.9 Å². The quantitative estimate of drug-likeness (QED) is 0.615. The van der Waals surface area contributed by atoms with E-state index in [1.54, 1.807) is 14.2 Å². The van der Waals surface area contributed by atoms with Crippen molar-refractivity contribution in [1.82, 2.24) is 9.78 Å². The third kappa shape index (κ3) is 3.52. The van der Waals surface area contributed by atoms with Crippen LogP contribution in [-0.2, 0) is 16.6 Å². The predicted octanol–water partition coefficient (Wildman–Crippen LogP) is 3.30. The number of esters is 1. The highest BCUT2D eigenvalue weighted by molar-refractivity contribution is 5.92. The molecule has 0 saturated heterocycles. The molecular weight excluding hydrogens is 320 g/mol. The first kappa shape index (κ1) is 18.6. The maximum atomic E-state index is 11.6. The summed E-state index contributed by atoms with van der Waals surface area (Å²) in [7, 11) is 6.46. The molecule has 1 aromatic heterocycles. The minimum atomic E-state index is -0.400. The molecule has 0 saturated carbocycles. The molecule has 1 aromatic carbocycles. The molecule has 2 aromatic rings. The first-order valence-corrected chi connectivity index (χ1v) is 7.87. The lowest BCUT2D eigenvalue weighted by atomic mass is 9.96. The Hall–Kier alpha value is -2.76. The van der Waals surface area contributed by atoms with Gasteiger partial charge in [-0.25, -0.2) is 4.79 Å². The van der Waals surface area contributed by atoms with Gasteiger partial charge in [-0.15, -0.1) is 0 Å². The number of aromatic nitrogens is 2. The monoisotopic (exact) mass is 344 g/mol. The van der Waals surface area contributed by atoms with Gasteiger partial charge in [-0.2, -0.15) is 5.10 Å². The molecule has 2 rings (SSSR count). The van der Waals surface area contributed by atoms with Crippen LogP contribution >= 0.6 is 0 Å². The predicted molar refractivity (Wildman–Crippen MR) is 96.9 cm³/mol. The number of hydrogen-bond donors (Lipinski definition) is 0. The van der Waals surface area contributed by atoms with E-state index in [0.29, 0.717) is 11.5 Å². The molecule has 0 aliphatic rings. The molecule has 0 spiro atoms. The van der Waals surface area contributed by atoms with Crippen LogP contribution in [0, 0.1) is 13.8 Å². The van der Waals surface area contributed by atoms with Crippen molar-refractivity contribution in [3.63, 3.8) is 0 Å². The first-order valence-electron chi connectivity index (χ1n) is 7.87. The van der Waals surface area contributed by atoms with E-state index in [9.17, 15) is 4.79 Å². The van der Waals surface area contributed by atoms with Crippen LogP contribution in [0.2, 0.25) is 0 Å². The van der Waals surface area contributed by atoms with Gasteiger partial charge in [0.25, 0.3) is 0 Å². The van der Waals surface area contributed by atoms with Crippen molar-refractivity contribution in [3.8, 4) is 22.6 Å². The van der Waals surface area contributed by atoms with Crippen LogP contribution < -0.4 is 9.47 Å². The fraction of sp³-hybridized carbons (Fsp3) is 0.368. The van der Waals surface area contributed by atoms with E-state index in [-0.39, 0.29) is 0 Å². The molecule has 0 aliphatic carbocycles. The summed E-state index contributed by atoms with van der Waals surface area (Å²) in [6.07, 6.45) is 1.45. The highest BCUT2D eigenvalue weighted by Gasteiger charge is 2.20. The lowest BCUT2D eigenvalue weighted by molar-refractivity contribution is -0.134. The van der Waals surface area contributed by atoms with Gasteiger partial charge in [-0.1, -0.05) is 0 Å². The standard InChI is InChI=1S/C19H24N2O4/c1-11(8-17(22)24-6)14-9-15(19(25-7)16(10-14)23-5)18-12(2)20-21(4)13(18)3/h8-10H,1-7H3/b11-8+. The van der Waals surface area contributed by atoms with Crippen molar-refractivity contribution in [2.75, 3.05) is 21.3 Å². The van der Waals surface area contributed by atoms with Crippen LogP contribution in [0.4, 0.5) is 0 Å². The number of hydrogen-bond acceptors (Lipinski definition) is 5. The molecule has 6 heteroatoms. The molecule has 25 heavy (non-hydrogen) atoms. The second kappa shape index (κ2) is 7.42. The number of methoxy groups -OCH3 is 3. The number of benzene rings is 1. The van der Waals surface area contributed by atoms with Gasteiger partial charge in [-0.3, -0.25) is 4.68 Å². The Balaban J connectivity index is 2.76. The Morgan fingerprint density at radius 2 is 1.84 bits per heavy atom. The lowest BCUT2D eigenvalue weighted by Gasteiger charge is -2.16. The van der Waals surface area contributed by atoms with Gasteiger partial charge in [0.2, 0.25) is 0 Å². The average molecular weight is 344 g/mol. The number of aryl methyl sites for hydroxylation is 2. The summed E-state index contributed by atoms with van der Waals surface area (Å²) in [5.41, 5.74) is 5.40. The molecule has 0 bridgehead atoms. The van der Waals surface area contributed by atoms with Crippen molar-refractivity contribution in [2.24, 2.45) is 7.05 Å². The lowest BCUT2D eigenvalue weighted by Crippen LogP contribution is -1.99. The number of allylic oxidation sites excluding steroid dienone is 1. The molecule has 0 amide bonds. The average Bonchev–Trinajstić information content (AvgIpc) is 2.85. The van der Waals surface area contributed by atoms with E-state index in [0.717, 1.165) is 33.7 Å². The van der Waals surface area contributed by atoms with E-state index < -0.39 is 5.97 Å². The molecule has 6 nitrogen and oxygen atoms in total. The Morgan fingerprint density at radius 3 is 2.32 bits per heavy atom. The zero-order chi connectivity index (χ0) is 18.7. The molecular formula is C19H24N2O4. The number of rotatable bonds is 5. The Kier molecular flexibility index (Phi) is 5.51. The summed E-state index contributed by atoms with van der Waals surface area (Å²) in [5, 5.41) is 4.49. The first-order chi connectivity index (χ1) is 11.8. The topological polar surface area (TPSA) is 62.6 Å². The Labute approximate surface area is 148 Å². The van der Waals surface area contributed by atoms with Gasteiger partial charge >= 0.3 is 5.97 Å². The molecule has 134 valence electrons. The third-order valence-electron chi connectivity index (χ3n) is 4.25. The zero-order valence-electron chi connectivity index (χ0n) is 15.8. The van der Waals surface area contributed by atoms with Crippen LogP contribution in [-0.4, -0.2) is 37.1 Å². The van der Waals surface area contributed by atoms with Gasteiger partial charge in [0.15, 0.2) is 11.5 Å². The highest BCUT2D eigenvalue weighted by Crippen LogP contribution is 2.42. The van der Waals surface area contributed by atoms with E-state index in [4.69, 9.17) is 14.2 Å². The van der Waals surface area contributed by atoms with Crippen molar-refractivity contribution >= 4 is 11.5 Å². The van der Waals surface area contributed by atoms with Gasteiger partial charge in [-0.05, 0) is 44.0 Å². The summed E-state index contributed by atoms with van der Waals surface area (Å²) in [5.74, 6) is 0.828. The van der Waals surface area contributed by atoms with E-state index >= 15 is 0 Å². The maximum Gasteiger partial charge on any atom is 0.330 e. The number of ether oxygens (including phenoxy) is 3. The van der Waals surface area contributed by atoms with Crippen molar-refractivity contribution in [3.05, 3.63) is 35.2 Å². The van der Waals surface area contributed by atoms with Crippen LogP contribution in [0.5, 0.6) is 11.5 Å². The maximum absolute atomic E-state index is 11.6. The summed E-state index contributed by atoms with van der Waals surface area (Å²) in [6.45, 7) is 5.81. The molecule has 0 aliphatic heterocycles. The van der Waals surface area contributed by atoms with E-state index in [1.165, 1.54) is 13.2 Å². The van der Waals surface area contributed by atoms with Gasteiger partial charge < -0.3 is 14.2 Å².